The fraction of sp³-hybridized carbons (Fsp3) is 0.818. The van der Waals surface area contributed by atoms with E-state index in [1.54, 1.807) is 5.01 Å². The van der Waals surface area contributed by atoms with Gasteiger partial charge in [0, 0.05) is 18.0 Å². The summed E-state index contributed by atoms with van der Waals surface area (Å²) in [6, 6.07) is 0. The summed E-state index contributed by atoms with van der Waals surface area (Å²) in [5.74, 6) is 0.792. The van der Waals surface area contributed by atoms with Crippen LogP contribution in [0.3, 0.4) is 0 Å². The summed E-state index contributed by atoms with van der Waals surface area (Å²) < 4.78 is 0. The molecule has 1 rings (SSSR count). The Labute approximate surface area is 107 Å². The molecule has 0 aromatic heterocycles. The molecule has 0 radical (unpaired) electrons. The van der Waals surface area contributed by atoms with Gasteiger partial charge in [-0.15, -0.1) is 4.91 Å². The van der Waals surface area contributed by atoms with Crippen LogP contribution in [0.2, 0.25) is 0 Å². The van der Waals surface area contributed by atoms with Crippen LogP contribution in [0.25, 0.3) is 0 Å². The zero-order chi connectivity index (χ0) is 12.5. The molecule has 0 aromatic rings. The van der Waals surface area contributed by atoms with Crippen LogP contribution < -0.4 is 0 Å². The highest BCUT2D eigenvalue weighted by Gasteiger charge is 2.17. The molecule has 0 atom stereocenters. The van der Waals surface area contributed by atoms with E-state index >= 15 is 0 Å². The van der Waals surface area contributed by atoms with E-state index in [4.69, 9.17) is 0 Å². The minimum Gasteiger partial charge on any atom is -0.241 e. The molecule has 17 heavy (non-hydrogen) atoms. The Morgan fingerprint density at radius 2 is 2.12 bits per heavy atom. The minimum atomic E-state index is 0.626. The number of unbranched alkanes of at least 4 members (excludes halogenated alkanes) is 4. The maximum absolute atomic E-state index is 10.2. The Morgan fingerprint density at radius 1 is 1.35 bits per heavy atom. The van der Waals surface area contributed by atoms with Gasteiger partial charge >= 0.3 is 0 Å². The first-order chi connectivity index (χ1) is 8.27. The van der Waals surface area contributed by atoms with Crippen molar-refractivity contribution in [3.8, 4) is 0 Å². The standard InChI is InChI=1S/C11H20N4OS/c1-3-4-5-6-7-8-15-11(12-14-16)17-9-10(2)13-15/h3-9H2,1-2H3/b12-11-. The zero-order valence-corrected chi connectivity index (χ0v) is 11.4. The van der Waals surface area contributed by atoms with Gasteiger partial charge in [-0.25, -0.2) is 5.01 Å². The maximum atomic E-state index is 10.2. The molecule has 6 heteroatoms. The molecule has 0 bridgehead atoms. The molecule has 0 N–H and O–H groups in total. The number of rotatable bonds is 7. The lowest BCUT2D eigenvalue weighted by Gasteiger charge is -2.23. The van der Waals surface area contributed by atoms with Crippen LogP contribution in [0.5, 0.6) is 0 Å². The number of thioether (sulfide) groups is 1. The first kappa shape index (κ1) is 14.2. The number of nitrogens with zero attached hydrogens (tertiary/aromatic N) is 4. The third-order valence-corrected chi connectivity index (χ3v) is 3.63. The third-order valence-electron chi connectivity index (χ3n) is 2.52. The monoisotopic (exact) mass is 256 g/mol. The number of nitroso groups, excluding NO2 is 1. The van der Waals surface area contributed by atoms with E-state index < -0.39 is 0 Å². The van der Waals surface area contributed by atoms with Gasteiger partial charge in [-0.05, 0) is 13.3 Å². The molecule has 0 unspecified atom stereocenters. The normalized spacial score (nSPS) is 18.4. The Hall–Kier alpha value is -0.910. The SMILES string of the molecule is CCCCCCCN1N=C(C)CS/C1=N\N=O. The highest BCUT2D eigenvalue weighted by Crippen LogP contribution is 2.17. The number of hydrogen-bond donors (Lipinski definition) is 0. The predicted molar refractivity (Wildman–Crippen MR) is 74.3 cm³/mol. The van der Waals surface area contributed by atoms with Crippen LogP contribution in [0, 0.1) is 4.91 Å². The summed E-state index contributed by atoms with van der Waals surface area (Å²) in [5.41, 5.74) is 1.06. The quantitative estimate of drug-likeness (QED) is 0.398. The van der Waals surface area contributed by atoms with Crippen LogP contribution in [0.4, 0.5) is 0 Å². The summed E-state index contributed by atoms with van der Waals surface area (Å²) in [7, 11) is 0. The average molecular weight is 256 g/mol. The van der Waals surface area contributed by atoms with Crippen molar-refractivity contribution in [3.05, 3.63) is 4.91 Å². The molecule has 0 amide bonds. The Morgan fingerprint density at radius 3 is 2.82 bits per heavy atom. The minimum absolute atomic E-state index is 0.626. The lowest BCUT2D eigenvalue weighted by atomic mass is 10.1. The second-order valence-electron chi connectivity index (χ2n) is 4.13. The number of amidine groups is 1. The summed E-state index contributed by atoms with van der Waals surface area (Å²) in [6.07, 6.45) is 6.08. The molecule has 0 saturated heterocycles. The van der Waals surface area contributed by atoms with E-state index in [1.807, 2.05) is 6.92 Å². The molecule has 1 aliphatic heterocycles. The highest BCUT2D eigenvalue weighted by atomic mass is 32.2. The van der Waals surface area contributed by atoms with Crippen molar-refractivity contribution in [1.82, 2.24) is 5.01 Å². The van der Waals surface area contributed by atoms with Crippen molar-refractivity contribution < 1.29 is 0 Å². The van der Waals surface area contributed by atoms with Crippen LogP contribution in [0.15, 0.2) is 15.5 Å². The number of hydrogen-bond acceptors (Lipinski definition) is 4. The van der Waals surface area contributed by atoms with Crippen LogP contribution in [-0.4, -0.2) is 28.2 Å². The number of hydrazone groups is 1. The fourth-order valence-electron chi connectivity index (χ4n) is 1.65. The van der Waals surface area contributed by atoms with Gasteiger partial charge in [0.15, 0.2) is 0 Å². The van der Waals surface area contributed by atoms with E-state index in [1.165, 1.54) is 37.4 Å². The lowest BCUT2D eigenvalue weighted by Crippen LogP contribution is -2.30. The van der Waals surface area contributed by atoms with Crippen molar-refractivity contribution in [1.29, 1.82) is 0 Å². The van der Waals surface area contributed by atoms with Gasteiger partial charge in [0.1, 0.15) is 0 Å². The predicted octanol–water partition coefficient (Wildman–Crippen LogP) is 3.42. The van der Waals surface area contributed by atoms with E-state index in [0.29, 0.717) is 5.17 Å². The zero-order valence-electron chi connectivity index (χ0n) is 10.6. The van der Waals surface area contributed by atoms with E-state index in [9.17, 15) is 4.91 Å². The molecule has 5 nitrogen and oxygen atoms in total. The molecular formula is C11H20N4OS. The lowest BCUT2D eigenvalue weighted by molar-refractivity contribution is 0.425. The summed E-state index contributed by atoms with van der Waals surface area (Å²) in [4.78, 5) is 10.2. The fourth-order valence-corrected chi connectivity index (χ4v) is 2.42. The molecular weight excluding hydrogens is 236 g/mol. The van der Waals surface area contributed by atoms with E-state index in [0.717, 1.165) is 24.4 Å². The Kier molecular flexibility index (Phi) is 6.84. The molecule has 0 aromatic carbocycles. The Bertz CT molecular complexity index is 304. The third kappa shape index (κ3) is 5.30. The van der Waals surface area contributed by atoms with Gasteiger partial charge in [0.05, 0.1) is 5.29 Å². The molecule has 1 heterocycles. The second-order valence-corrected chi connectivity index (χ2v) is 5.07. The highest BCUT2D eigenvalue weighted by molar-refractivity contribution is 8.14. The van der Waals surface area contributed by atoms with Crippen LogP contribution >= 0.6 is 11.8 Å². The van der Waals surface area contributed by atoms with Gasteiger partial charge < -0.3 is 0 Å². The smallest absolute Gasteiger partial charge is 0.209 e. The average Bonchev–Trinajstić information content (AvgIpc) is 2.32. The van der Waals surface area contributed by atoms with Crippen molar-refractivity contribution in [2.75, 3.05) is 12.3 Å². The van der Waals surface area contributed by atoms with Crippen molar-refractivity contribution in [2.45, 2.75) is 46.0 Å². The summed E-state index contributed by atoms with van der Waals surface area (Å²) >= 11 is 1.52. The molecule has 0 saturated carbocycles. The largest absolute Gasteiger partial charge is 0.241 e. The van der Waals surface area contributed by atoms with Crippen LogP contribution in [0.1, 0.15) is 46.0 Å². The molecule has 0 fully saturated rings. The first-order valence-electron chi connectivity index (χ1n) is 6.12. The van der Waals surface area contributed by atoms with Crippen molar-refractivity contribution in [3.63, 3.8) is 0 Å². The molecule has 96 valence electrons. The first-order valence-corrected chi connectivity index (χ1v) is 7.11. The van der Waals surface area contributed by atoms with Gasteiger partial charge in [-0.1, -0.05) is 49.5 Å². The molecule has 0 aliphatic carbocycles. The van der Waals surface area contributed by atoms with Crippen molar-refractivity contribution in [2.24, 2.45) is 15.5 Å². The summed E-state index contributed by atoms with van der Waals surface area (Å²) in [5, 5.41) is 13.0. The van der Waals surface area contributed by atoms with Crippen LogP contribution in [-0.2, 0) is 0 Å². The Balaban J connectivity index is 2.39. The topological polar surface area (TPSA) is 57.4 Å². The van der Waals surface area contributed by atoms with Gasteiger partial charge in [-0.2, -0.15) is 5.10 Å². The molecule has 1 aliphatic rings. The summed E-state index contributed by atoms with van der Waals surface area (Å²) in [6.45, 7) is 5.01. The van der Waals surface area contributed by atoms with Gasteiger partial charge in [0.25, 0.3) is 0 Å². The van der Waals surface area contributed by atoms with E-state index in [-0.39, 0.29) is 0 Å². The van der Waals surface area contributed by atoms with E-state index in [2.05, 4.69) is 22.4 Å². The second kappa shape index (κ2) is 8.22. The van der Waals surface area contributed by atoms with Gasteiger partial charge in [0.2, 0.25) is 5.17 Å². The molecule has 0 spiro atoms. The van der Waals surface area contributed by atoms with Gasteiger partial charge in [-0.3, -0.25) is 0 Å². The maximum Gasteiger partial charge on any atom is 0.209 e. The van der Waals surface area contributed by atoms with Crippen molar-refractivity contribution >= 4 is 22.6 Å².